The van der Waals surface area contributed by atoms with Crippen LogP contribution in [0.4, 0.5) is 0 Å². The molecule has 3 aromatic rings. The third kappa shape index (κ3) is 4.95. The Morgan fingerprint density at radius 2 is 1.65 bits per heavy atom. The number of benzene rings is 2. The van der Waals surface area contributed by atoms with E-state index < -0.39 is 0 Å². The summed E-state index contributed by atoms with van der Waals surface area (Å²) in [6.45, 7) is 0.787. The molecule has 134 valence electrons. The maximum Gasteiger partial charge on any atom is 0.230 e. The van der Waals surface area contributed by atoms with Crippen molar-refractivity contribution < 1.29 is 4.79 Å². The fourth-order valence-electron chi connectivity index (χ4n) is 2.65. The van der Waals surface area contributed by atoms with Crippen LogP contribution < -0.4 is 5.32 Å². The van der Waals surface area contributed by atoms with E-state index in [-0.39, 0.29) is 5.91 Å². The van der Waals surface area contributed by atoms with Gasteiger partial charge >= 0.3 is 0 Å². The van der Waals surface area contributed by atoms with E-state index in [9.17, 15) is 4.79 Å². The number of carbonyl (C=O) groups excluding carboxylic acids is 1. The molecule has 1 heterocycles. The maximum atomic E-state index is 11.6. The van der Waals surface area contributed by atoms with Crippen LogP contribution in [0.3, 0.4) is 0 Å². The Bertz CT molecular complexity index is 834. The van der Waals surface area contributed by atoms with Crippen molar-refractivity contribution in [3.05, 3.63) is 77.6 Å². The smallest absolute Gasteiger partial charge is 0.230 e. The van der Waals surface area contributed by atoms with Crippen molar-refractivity contribution in [3.63, 3.8) is 0 Å². The highest BCUT2D eigenvalue weighted by atomic mass is 32.2. The van der Waals surface area contributed by atoms with Crippen LogP contribution in [0.2, 0.25) is 0 Å². The van der Waals surface area contributed by atoms with E-state index in [2.05, 4.69) is 44.3 Å². The number of aromatic nitrogens is 3. The lowest BCUT2D eigenvalue weighted by Crippen LogP contribution is -2.20. The molecule has 0 aliphatic rings. The highest BCUT2D eigenvalue weighted by Crippen LogP contribution is 2.19. The minimum atomic E-state index is -0.0165. The van der Waals surface area contributed by atoms with Crippen molar-refractivity contribution in [2.24, 2.45) is 0 Å². The summed E-state index contributed by atoms with van der Waals surface area (Å²) in [7, 11) is 1.64. The van der Waals surface area contributed by atoms with Crippen LogP contribution in [0.15, 0.2) is 65.8 Å². The minimum Gasteiger partial charge on any atom is -0.358 e. The lowest BCUT2D eigenvalue weighted by Gasteiger charge is -2.10. The van der Waals surface area contributed by atoms with Crippen molar-refractivity contribution in [2.75, 3.05) is 12.8 Å². The number of aryl methyl sites for hydroxylation is 1. The van der Waals surface area contributed by atoms with Crippen LogP contribution in [0.5, 0.6) is 0 Å². The van der Waals surface area contributed by atoms with Gasteiger partial charge in [-0.1, -0.05) is 72.4 Å². The number of thioether (sulfide) groups is 1. The Labute approximate surface area is 157 Å². The molecule has 0 unspecified atom stereocenters. The van der Waals surface area contributed by atoms with Gasteiger partial charge in [-0.05, 0) is 17.5 Å². The Morgan fingerprint density at radius 3 is 2.31 bits per heavy atom. The third-order valence-corrected chi connectivity index (χ3v) is 5.04. The summed E-state index contributed by atoms with van der Waals surface area (Å²) in [4.78, 5) is 11.6. The van der Waals surface area contributed by atoms with Crippen LogP contribution in [0, 0.1) is 0 Å². The van der Waals surface area contributed by atoms with Crippen molar-refractivity contribution in [2.45, 2.75) is 24.5 Å². The Kier molecular flexibility index (Phi) is 6.44. The second-order valence-corrected chi connectivity index (χ2v) is 6.85. The first-order chi connectivity index (χ1) is 12.8. The molecule has 0 fully saturated rings. The number of amides is 1. The number of carbonyl (C=O) groups is 1. The number of nitrogens with zero attached hydrogens (tertiary/aromatic N) is 3. The largest absolute Gasteiger partial charge is 0.358 e. The monoisotopic (exact) mass is 366 g/mol. The highest BCUT2D eigenvalue weighted by Gasteiger charge is 2.14. The van der Waals surface area contributed by atoms with Gasteiger partial charge in [-0.25, -0.2) is 0 Å². The van der Waals surface area contributed by atoms with E-state index in [0.29, 0.717) is 5.75 Å². The van der Waals surface area contributed by atoms with Gasteiger partial charge in [-0.15, -0.1) is 10.2 Å². The normalized spacial score (nSPS) is 10.7. The summed E-state index contributed by atoms with van der Waals surface area (Å²) in [5.41, 5.74) is 2.47. The number of hydrogen-bond acceptors (Lipinski definition) is 4. The average molecular weight is 366 g/mol. The Morgan fingerprint density at radius 1 is 1.00 bits per heavy atom. The predicted octanol–water partition coefficient (Wildman–Crippen LogP) is 2.95. The summed E-state index contributed by atoms with van der Waals surface area (Å²) >= 11 is 1.42. The van der Waals surface area contributed by atoms with Crippen molar-refractivity contribution in [1.82, 2.24) is 20.1 Å². The zero-order valence-corrected chi connectivity index (χ0v) is 15.6. The molecular formula is C20H22N4OS. The third-order valence-electron chi connectivity index (χ3n) is 4.08. The first-order valence-corrected chi connectivity index (χ1v) is 9.58. The summed E-state index contributed by atoms with van der Waals surface area (Å²) in [6.07, 6.45) is 1.62. The van der Waals surface area contributed by atoms with E-state index >= 15 is 0 Å². The van der Waals surface area contributed by atoms with E-state index in [1.165, 1.54) is 22.9 Å². The summed E-state index contributed by atoms with van der Waals surface area (Å²) in [5.74, 6) is 1.24. The molecule has 0 aliphatic heterocycles. The van der Waals surface area contributed by atoms with Gasteiger partial charge in [0.15, 0.2) is 5.16 Å². The zero-order valence-electron chi connectivity index (χ0n) is 14.8. The fourth-order valence-corrected chi connectivity index (χ4v) is 3.50. The lowest BCUT2D eigenvalue weighted by molar-refractivity contribution is -0.118. The molecule has 0 aliphatic carbocycles. The van der Waals surface area contributed by atoms with Gasteiger partial charge in [-0.3, -0.25) is 4.79 Å². The summed E-state index contributed by atoms with van der Waals surface area (Å²) in [5, 5.41) is 12.1. The Balaban J connectivity index is 1.78. The predicted molar refractivity (Wildman–Crippen MR) is 104 cm³/mol. The van der Waals surface area contributed by atoms with E-state index in [4.69, 9.17) is 0 Å². The van der Waals surface area contributed by atoms with Crippen molar-refractivity contribution in [3.8, 4) is 0 Å². The molecule has 0 atom stereocenters. The van der Waals surface area contributed by atoms with Gasteiger partial charge in [0.1, 0.15) is 5.82 Å². The van der Waals surface area contributed by atoms with Gasteiger partial charge in [-0.2, -0.15) is 0 Å². The molecule has 2 aromatic carbocycles. The second kappa shape index (κ2) is 9.20. The van der Waals surface area contributed by atoms with E-state index in [1.807, 2.05) is 36.4 Å². The molecule has 1 N–H and O–H groups in total. The standard InChI is InChI=1S/C20H22N4OS/c1-21-19(25)15-26-20-23-22-18(14-17-10-6-3-7-11-17)24(20)13-12-16-8-4-2-5-9-16/h2-11H,12-15H2,1H3,(H,21,25). The van der Waals surface area contributed by atoms with Gasteiger partial charge in [0.2, 0.25) is 5.91 Å². The first kappa shape index (κ1) is 18.2. The molecule has 0 saturated heterocycles. The fraction of sp³-hybridized carbons (Fsp3) is 0.250. The van der Waals surface area contributed by atoms with Crippen LogP contribution in [-0.4, -0.2) is 33.5 Å². The van der Waals surface area contributed by atoms with Crippen LogP contribution in [0.25, 0.3) is 0 Å². The van der Waals surface area contributed by atoms with Crippen LogP contribution in [-0.2, 0) is 24.2 Å². The maximum absolute atomic E-state index is 11.6. The van der Waals surface area contributed by atoms with Gasteiger partial charge in [0.25, 0.3) is 0 Å². The molecule has 3 rings (SSSR count). The molecule has 0 bridgehead atoms. The number of rotatable bonds is 8. The summed E-state index contributed by atoms with van der Waals surface area (Å²) < 4.78 is 2.13. The molecule has 26 heavy (non-hydrogen) atoms. The molecule has 0 saturated carbocycles. The van der Waals surface area contributed by atoms with Crippen LogP contribution in [0.1, 0.15) is 17.0 Å². The summed E-state index contributed by atoms with van der Waals surface area (Å²) in [6, 6.07) is 20.6. The molecule has 1 aromatic heterocycles. The topological polar surface area (TPSA) is 59.8 Å². The molecular weight excluding hydrogens is 344 g/mol. The van der Waals surface area contributed by atoms with E-state index in [0.717, 1.165) is 30.4 Å². The molecule has 0 spiro atoms. The van der Waals surface area contributed by atoms with E-state index in [1.54, 1.807) is 7.05 Å². The molecule has 0 radical (unpaired) electrons. The van der Waals surface area contributed by atoms with Gasteiger partial charge in [0, 0.05) is 20.0 Å². The number of nitrogens with one attached hydrogen (secondary N) is 1. The molecule has 5 nitrogen and oxygen atoms in total. The number of hydrogen-bond donors (Lipinski definition) is 1. The Hall–Kier alpha value is -2.60. The first-order valence-electron chi connectivity index (χ1n) is 8.59. The average Bonchev–Trinajstić information content (AvgIpc) is 3.07. The second-order valence-electron chi connectivity index (χ2n) is 5.91. The van der Waals surface area contributed by atoms with Crippen molar-refractivity contribution in [1.29, 1.82) is 0 Å². The van der Waals surface area contributed by atoms with Crippen LogP contribution >= 0.6 is 11.8 Å². The van der Waals surface area contributed by atoms with Gasteiger partial charge < -0.3 is 9.88 Å². The molecule has 6 heteroatoms. The quantitative estimate of drug-likeness (QED) is 0.623. The van der Waals surface area contributed by atoms with Crippen molar-refractivity contribution >= 4 is 17.7 Å². The lowest BCUT2D eigenvalue weighted by atomic mass is 10.1. The SMILES string of the molecule is CNC(=O)CSc1nnc(Cc2ccccc2)n1CCc1ccccc1. The zero-order chi connectivity index (χ0) is 18.2. The minimum absolute atomic E-state index is 0.0165. The molecule has 1 amide bonds. The van der Waals surface area contributed by atoms with Gasteiger partial charge in [0.05, 0.1) is 5.75 Å². The highest BCUT2D eigenvalue weighted by molar-refractivity contribution is 7.99.